The van der Waals surface area contributed by atoms with Crippen LogP contribution in [0.5, 0.6) is 0 Å². The summed E-state index contributed by atoms with van der Waals surface area (Å²) >= 11 is 1.45. The highest BCUT2D eigenvalue weighted by Gasteiger charge is 2.42. The van der Waals surface area contributed by atoms with Crippen molar-refractivity contribution in [1.82, 2.24) is 52.3 Å². The number of likely N-dealkylation sites (tertiary alicyclic amines) is 2. The molecule has 95 heavy (non-hydrogen) atoms. The summed E-state index contributed by atoms with van der Waals surface area (Å²) in [5.74, 6) is -9.80. The molecule has 4 rings (SSSR count). The van der Waals surface area contributed by atoms with Crippen molar-refractivity contribution in [1.29, 1.82) is 0 Å². The smallest absolute Gasteiger partial charge is 0.245 e. The summed E-state index contributed by atoms with van der Waals surface area (Å²) in [6, 6.07) is 4.51. The number of unbranched alkanes of at least 4 members (excludes halogenated alkanes) is 1. The molecule has 0 aliphatic carbocycles. The van der Waals surface area contributed by atoms with Gasteiger partial charge in [-0.15, -0.1) is 0 Å². The SMILES string of the molecule is CSCC[C@H](NC(=O)[C@H](CC(C)C)NC(=O)CNC(=O)[C@@H](Cc1ccccc1)NC(=O)[C@H](Cc1ccccc1)NC(=O)[C@@H](CCC(N)=O)NC(=O)[C@@H](CCC(N)=O)NC(=O)[C@@H]1CCCN1C(=O)[C@@H](CCCCN)NC(=O)[C@H]1CCCN1C(=O)[C@@H](N)CCCN=C(N)N)C(N)=O. The molecule has 2 aliphatic heterocycles. The minimum Gasteiger partial charge on any atom is -0.370 e. The lowest BCUT2D eigenvalue weighted by molar-refractivity contribution is -0.144. The highest BCUT2D eigenvalue weighted by atomic mass is 32.2. The van der Waals surface area contributed by atoms with E-state index in [0.717, 1.165) is 0 Å². The van der Waals surface area contributed by atoms with Gasteiger partial charge in [0, 0.05) is 45.3 Å². The molecule has 2 aliphatic rings. The second kappa shape index (κ2) is 41.0. The van der Waals surface area contributed by atoms with E-state index >= 15 is 0 Å². The van der Waals surface area contributed by atoms with E-state index in [2.05, 4.69) is 47.5 Å². The van der Waals surface area contributed by atoms with Gasteiger partial charge in [-0.3, -0.25) is 67.3 Å². The first-order valence-electron chi connectivity index (χ1n) is 32.2. The number of benzene rings is 2. The van der Waals surface area contributed by atoms with E-state index in [4.69, 9.17) is 40.1 Å². The van der Waals surface area contributed by atoms with Crippen molar-refractivity contribution < 1.29 is 62.3 Å². The van der Waals surface area contributed by atoms with Gasteiger partial charge in [0.15, 0.2) is 5.96 Å². The van der Waals surface area contributed by atoms with Crippen molar-refractivity contribution in [2.45, 2.75) is 183 Å². The number of amides is 13. The topological polar surface area (TPSA) is 519 Å². The van der Waals surface area contributed by atoms with Gasteiger partial charge in [0.25, 0.3) is 0 Å². The average molecular weight is 1350 g/mol. The third-order valence-corrected chi connectivity index (χ3v) is 16.7. The van der Waals surface area contributed by atoms with Gasteiger partial charge in [0.05, 0.1) is 12.6 Å². The zero-order valence-corrected chi connectivity index (χ0v) is 55.3. The molecule has 0 spiro atoms. The molecule has 2 fully saturated rings. The van der Waals surface area contributed by atoms with Gasteiger partial charge >= 0.3 is 0 Å². The number of nitrogens with one attached hydrogen (secondary N) is 8. The maximum Gasteiger partial charge on any atom is 0.245 e. The monoisotopic (exact) mass is 1350 g/mol. The van der Waals surface area contributed by atoms with Gasteiger partial charge < -0.3 is 92.5 Å². The highest BCUT2D eigenvalue weighted by Crippen LogP contribution is 2.24. The molecular weight excluding hydrogens is 1250 g/mol. The number of carbonyl (C=O) groups is 13. The Morgan fingerprint density at radius 2 is 1.01 bits per heavy atom. The summed E-state index contributed by atoms with van der Waals surface area (Å²) in [5.41, 5.74) is 40.6. The van der Waals surface area contributed by atoms with Crippen LogP contribution >= 0.6 is 11.8 Å². The fourth-order valence-corrected chi connectivity index (χ4v) is 11.5. The first kappa shape index (κ1) is 78.5. The van der Waals surface area contributed by atoms with Crippen molar-refractivity contribution in [3.8, 4) is 0 Å². The van der Waals surface area contributed by atoms with Crippen LogP contribution in [0.1, 0.15) is 121 Å². The zero-order chi connectivity index (χ0) is 70.1. The van der Waals surface area contributed by atoms with Gasteiger partial charge in [-0.05, 0) is 119 Å². The van der Waals surface area contributed by atoms with E-state index < -0.39 is 169 Å². The predicted octanol–water partition coefficient (Wildman–Crippen LogP) is -3.71. The Hall–Kier alpha value is -8.91. The summed E-state index contributed by atoms with van der Waals surface area (Å²) in [4.78, 5) is 185. The number of hydrogen-bond donors (Lipinski definition) is 15. The summed E-state index contributed by atoms with van der Waals surface area (Å²) < 4.78 is 0. The third kappa shape index (κ3) is 27.5. The normalized spacial score (nSPS) is 16.8. The Morgan fingerprint density at radius 1 is 0.537 bits per heavy atom. The molecule has 2 heterocycles. The summed E-state index contributed by atoms with van der Waals surface area (Å²) in [7, 11) is 0. The molecule has 31 nitrogen and oxygen atoms in total. The lowest BCUT2D eigenvalue weighted by Crippen LogP contribution is -2.60. The first-order chi connectivity index (χ1) is 45.2. The molecule has 0 radical (unpaired) electrons. The van der Waals surface area contributed by atoms with Crippen LogP contribution in [0.25, 0.3) is 0 Å². The van der Waals surface area contributed by atoms with E-state index in [9.17, 15) is 62.3 Å². The lowest BCUT2D eigenvalue weighted by atomic mass is 10.0. The third-order valence-electron chi connectivity index (χ3n) is 16.0. The molecule has 2 saturated heterocycles. The molecule has 22 N–H and O–H groups in total. The van der Waals surface area contributed by atoms with Crippen molar-refractivity contribution in [3.05, 3.63) is 71.8 Å². The van der Waals surface area contributed by atoms with Crippen molar-refractivity contribution >= 4 is 94.5 Å². The molecule has 0 saturated carbocycles. The molecule has 13 amide bonds. The van der Waals surface area contributed by atoms with E-state index in [0.29, 0.717) is 55.4 Å². The number of primary amides is 3. The van der Waals surface area contributed by atoms with Crippen LogP contribution in [-0.4, -0.2) is 198 Å². The molecule has 0 aromatic heterocycles. The fourth-order valence-electron chi connectivity index (χ4n) is 11.0. The van der Waals surface area contributed by atoms with Gasteiger partial charge in [0.1, 0.15) is 54.4 Å². The lowest BCUT2D eigenvalue weighted by Gasteiger charge is -2.32. The Labute approximate surface area is 558 Å². The number of aliphatic imine (C=N–C) groups is 1. The number of hydrogen-bond acceptors (Lipinski definition) is 17. The number of nitrogens with two attached hydrogens (primary N) is 7. The van der Waals surface area contributed by atoms with E-state index in [1.165, 1.54) is 21.6 Å². The first-order valence-corrected chi connectivity index (χ1v) is 33.6. The second-order valence-corrected chi connectivity index (χ2v) is 25.1. The Morgan fingerprint density at radius 3 is 1.51 bits per heavy atom. The number of rotatable bonds is 42. The van der Waals surface area contributed by atoms with Crippen molar-refractivity contribution in [2.24, 2.45) is 51.0 Å². The molecular formula is C63H98N18O13S. The van der Waals surface area contributed by atoms with Crippen molar-refractivity contribution in [3.63, 3.8) is 0 Å². The van der Waals surface area contributed by atoms with Crippen LogP contribution in [-0.2, 0) is 75.2 Å². The van der Waals surface area contributed by atoms with E-state index in [1.54, 1.807) is 60.7 Å². The Kier molecular flexibility index (Phi) is 33.9. The molecule has 32 heteroatoms. The molecule has 0 unspecified atom stereocenters. The van der Waals surface area contributed by atoms with Crippen LogP contribution in [0.4, 0.5) is 0 Å². The Bertz CT molecular complexity index is 2960. The molecule has 10 atom stereocenters. The standard InChI is InChI=1S/C63H98N18O13S/c1-37(2)33-45(57(89)74-41(53(68)85)27-32-95-3)73-52(84)36-72-54(86)46(34-38-15-6-4-7-16-38)78-58(90)47(35-39-17-8-5-9-18-39)79-56(88)42(23-25-50(66)82)75-55(87)43(24-26-51(67)83)76-59(91)49-22-14-31-81(49)62(94)44(20-10-11-28-64)77-60(92)48-21-13-30-80(48)61(93)40(65)19-12-29-71-63(69)70/h4-9,15-18,37,40-49H,10-14,19-36,64-65H2,1-3H3,(H2,66,82)(H2,67,83)(H2,68,85)(H,72,86)(H,73,84)(H,74,89)(H,75,87)(H,76,91)(H,77,92)(H,78,90)(H,79,88)(H4,69,70,71)/t40-,41-,42+,43+,44+,45-,46+,47-,48+,49-/m0/s1. The van der Waals surface area contributed by atoms with Crippen molar-refractivity contribution in [2.75, 3.05) is 44.7 Å². The number of carbonyl (C=O) groups excluding carboxylic acids is 13. The summed E-state index contributed by atoms with van der Waals surface area (Å²) in [6.45, 7) is 3.86. The highest BCUT2D eigenvalue weighted by molar-refractivity contribution is 7.98. The number of thioether (sulfide) groups is 1. The Balaban J connectivity index is 1.56. The molecule has 2 aromatic rings. The fraction of sp³-hybridized carbons (Fsp3) is 0.587. The van der Waals surface area contributed by atoms with Crippen LogP contribution in [0.15, 0.2) is 65.7 Å². The maximum atomic E-state index is 14.7. The molecule has 524 valence electrons. The maximum absolute atomic E-state index is 14.7. The average Bonchev–Trinajstić information content (AvgIpc) is 1.74. The van der Waals surface area contributed by atoms with E-state index in [-0.39, 0.29) is 83.0 Å². The minimum absolute atomic E-state index is 0.0736. The van der Waals surface area contributed by atoms with Crippen LogP contribution in [0, 0.1) is 5.92 Å². The van der Waals surface area contributed by atoms with Gasteiger partial charge in [-0.1, -0.05) is 74.5 Å². The summed E-state index contributed by atoms with van der Waals surface area (Å²) in [5, 5.41) is 21.1. The predicted molar refractivity (Wildman–Crippen MR) is 356 cm³/mol. The largest absolute Gasteiger partial charge is 0.370 e. The zero-order valence-electron chi connectivity index (χ0n) is 54.5. The minimum atomic E-state index is -1.64. The number of nitrogens with zero attached hydrogens (tertiary/aromatic N) is 3. The molecule has 0 bridgehead atoms. The van der Waals surface area contributed by atoms with Gasteiger partial charge in [-0.2, -0.15) is 11.8 Å². The van der Waals surface area contributed by atoms with Crippen LogP contribution in [0.2, 0.25) is 0 Å². The quantitative estimate of drug-likeness (QED) is 0.0173. The van der Waals surface area contributed by atoms with Crippen LogP contribution < -0.4 is 82.7 Å². The second-order valence-electron chi connectivity index (χ2n) is 24.1. The molecule has 2 aromatic carbocycles. The number of guanidine groups is 1. The van der Waals surface area contributed by atoms with Crippen LogP contribution in [0.3, 0.4) is 0 Å². The van der Waals surface area contributed by atoms with E-state index in [1.807, 2.05) is 20.1 Å². The van der Waals surface area contributed by atoms with Gasteiger partial charge in [-0.25, -0.2) is 0 Å². The summed E-state index contributed by atoms with van der Waals surface area (Å²) in [6.07, 6.45) is 3.12. The van der Waals surface area contributed by atoms with Gasteiger partial charge in [0.2, 0.25) is 76.8 Å².